The van der Waals surface area contributed by atoms with E-state index < -0.39 is 55.0 Å². The third-order valence-electron chi connectivity index (χ3n) is 4.78. The lowest BCUT2D eigenvalue weighted by atomic mass is 10.0. The molecule has 0 heterocycles. The highest BCUT2D eigenvalue weighted by molar-refractivity contribution is 5.93. The van der Waals surface area contributed by atoms with Gasteiger partial charge in [-0.05, 0) is 17.5 Å². The number of amides is 3. The van der Waals surface area contributed by atoms with Crippen molar-refractivity contribution in [1.29, 1.82) is 0 Å². The summed E-state index contributed by atoms with van der Waals surface area (Å²) in [5.41, 5.74) is 7.49. The van der Waals surface area contributed by atoms with Crippen molar-refractivity contribution in [2.45, 2.75) is 31.0 Å². The van der Waals surface area contributed by atoms with Crippen LogP contribution in [0.1, 0.15) is 11.1 Å². The summed E-state index contributed by atoms with van der Waals surface area (Å²) in [4.78, 5) is 48.4. The van der Waals surface area contributed by atoms with E-state index in [0.29, 0.717) is 0 Å². The van der Waals surface area contributed by atoms with Crippen LogP contribution in [0.2, 0.25) is 0 Å². The molecule has 2 aromatic carbocycles. The first-order valence-electron chi connectivity index (χ1n) is 10.3. The number of aliphatic carboxylic acids is 1. The molecule has 0 bridgehead atoms. The molecule has 10 nitrogen and oxygen atoms in total. The molecule has 0 saturated carbocycles. The molecule has 2 aromatic rings. The van der Waals surface area contributed by atoms with E-state index in [9.17, 15) is 24.3 Å². The van der Waals surface area contributed by atoms with Crippen molar-refractivity contribution in [1.82, 2.24) is 16.0 Å². The highest BCUT2D eigenvalue weighted by Crippen LogP contribution is 2.05. The fourth-order valence-electron chi connectivity index (χ4n) is 3.05. The van der Waals surface area contributed by atoms with Crippen LogP contribution < -0.4 is 21.7 Å². The molecule has 0 fully saturated rings. The number of benzene rings is 2. The smallest absolute Gasteiger partial charge is 0.322 e. The van der Waals surface area contributed by atoms with E-state index in [0.717, 1.165) is 11.1 Å². The van der Waals surface area contributed by atoms with Crippen LogP contribution in [0.15, 0.2) is 60.7 Å². The Balaban J connectivity index is 2.03. The maximum Gasteiger partial charge on any atom is 0.322 e. The Kier molecular flexibility index (Phi) is 10.00. The summed E-state index contributed by atoms with van der Waals surface area (Å²) in [6.45, 7) is -1.33. The number of carboxylic acid groups (broad SMARTS) is 1. The minimum atomic E-state index is -1.34. The Morgan fingerprint density at radius 2 is 1.27 bits per heavy atom. The van der Waals surface area contributed by atoms with Gasteiger partial charge in [-0.15, -0.1) is 0 Å². The molecule has 0 radical (unpaired) electrons. The average Bonchev–Trinajstić information content (AvgIpc) is 2.81. The summed E-state index contributed by atoms with van der Waals surface area (Å²) in [6, 6.07) is 14.5. The first-order chi connectivity index (χ1) is 15.8. The van der Waals surface area contributed by atoms with E-state index in [-0.39, 0.29) is 12.8 Å². The van der Waals surface area contributed by atoms with Crippen molar-refractivity contribution in [2.75, 3.05) is 13.2 Å². The van der Waals surface area contributed by atoms with Gasteiger partial charge in [0.25, 0.3) is 0 Å². The standard InChI is InChI=1S/C23H28N4O6/c24-17(11-15-7-3-1-4-8-15)21(31)27-19(14-28)23(33)26-18(22(32)25-13-20(29)30)12-16-9-5-2-6-10-16/h1-10,17-19,28H,11-14,24H2,(H,25,32)(H,26,33)(H,27,31)(H,29,30). The molecule has 0 saturated heterocycles. The second-order valence-corrected chi connectivity index (χ2v) is 7.40. The predicted molar refractivity (Wildman–Crippen MR) is 120 cm³/mol. The molecule has 176 valence electrons. The van der Waals surface area contributed by atoms with Gasteiger partial charge in [0.1, 0.15) is 18.6 Å². The monoisotopic (exact) mass is 456 g/mol. The lowest BCUT2D eigenvalue weighted by molar-refractivity contribution is -0.138. The molecule has 0 aliphatic heterocycles. The summed E-state index contributed by atoms with van der Waals surface area (Å²) in [7, 11) is 0. The molecule has 0 aromatic heterocycles. The summed E-state index contributed by atoms with van der Waals surface area (Å²) < 4.78 is 0. The van der Waals surface area contributed by atoms with E-state index in [1.165, 1.54) is 0 Å². The van der Waals surface area contributed by atoms with Gasteiger partial charge in [-0.3, -0.25) is 19.2 Å². The van der Waals surface area contributed by atoms with Crippen molar-refractivity contribution >= 4 is 23.7 Å². The Hall–Kier alpha value is -3.76. The van der Waals surface area contributed by atoms with Crippen molar-refractivity contribution in [3.8, 4) is 0 Å². The largest absolute Gasteiger partial charge is 0.480 e. The first kappa shape index (κ1) is 25.5. The molecule has 0 spiro atoms. The van der Waals surface area contributed by atoms with Crippen LogP contribution in [-0.2, 0) is 32.0 Å². The zero-order valence-electron chi connectivity index (χ0n) is 17.9. The van der Waals surface area contributed by atoms with Gasteiger partial charge in [-0.25, -0.2) is 0 Å². The molecule has 3 unspecified atom stereocenters. The number of nitrogens with two attached hydrogens (primary N) is 1. The quantitative estimate of drug-likeness (QED) is 0.237. The fraction of sp³-hybridized carbons (Fsp3) is 0.304. The van der Waals surface area contributed by atoms with Crippen LogP contribution in [0, 0.1) is 0 Å². The number of aliphatic hydroxyl groups excluding tert-OH is 1. The highest BCUT2D eigenvalue weighted by atomic mass is 16.4. The molecule has 33 heavy (non-hydrogen) atoms. The predicted octanol–water partition coefficient (Wildman–Crippen LogP) is -1.04. The second-order valence-electron chi connectivity index (χ2n) is 7.40. The maximum atomic E-state index is 12.7. The zero-order valence-corrected chi connectivity index (χ0v) is 17.9. The molecule has 0 aliphatic carbocycles. The van der Waals surface area contributed by atoms with Crippen molar-refractivity contribution in [2.24, 2.45) is 5.73 Å². The molecule has 0 aliphatic rings. The van der Waals surface area contributed by atoms with E-state index in [4.69, 9.17) is 10.8 Å². The van der Waals surface area contributed by atoms with E-state index in [1.807, 2.05) is 30.3 Å². The lowest BCUT2D eigenvalue weighted by Crippen LogP contribution is -2.57. The number of aliphatic hydroxyl groups is 1. The number of carbonyl (C=O) groups excluding carboxylic acids is 3. The summed E-state index contributed by atoms with van der Waals surface area (Å²) >= 11 is 0. The summed E-state index contributed by atoms with van der Waals surface area (Å²) in [6.07, 6.45) is 0.318. The van der Waals surface area contributed by atoms with Gasteiger partial charge in [0, 0.05) is 6.42 Å². The Morgan fingerprint density at radius 1 is 0.758 bits per heavy atom. The van der Waals surface area contributed by atoms with Crippen LogP contribution in [0.4, 0.5) is 0 Å². The minimum absolute atomic E-state index is 0.0810. The van der Waals surface area contributed by atoms with E-state index in [1.54, 1.807) is 30.3 Å². The number of nitrogens with one attached hydrogen (secondary N) is 3. The second kappa shape index (κ2) is 12.9. The molecule has 2 rings (SSSR count). The maximum absolute atomic E-state index is 12.7. The van der Waals surface area contributed by atoms with Crippen LogP contribution in [0.25, 0.3) is 0 Å². The van der Waals surface area contributed by atoms with Gasteiger partial charge in [0.15, 0.2) is 0 Å². The van der Waals surface area contributed by atoms with Gasteiger partial charge in [-0.1, -0.05) is 60.7 Å². The molecule has 7 N–H and O–H groups in total. The van der Waals surface area contributed by atoms with E-state index in [2.05, 4.69) is 16.0 Å². The third kappa shape index (κ3) is 8.71. The summed E-state index contributed by atoms with van der Waals surface area (Å²) in [5, 5.41) is 25.5. The number of rotatable bonds is 12. The summed E-state index contributed by atoms with van der Waals surface area (Å²) in [5.74, 6) is -3.38. The van der Waals surface area contributed by atoms with Crippen LogP contribution in [0.5, 0.6) is 0 Å². The van der Waals surface area contributed by atoms with Gasteiger partial charge in [0.2, 0.25) is 17.7 Å². The highest BCUT2D eigenvalue weighted by Gasteiger charge is 2.28. The van der Waals surface area contributed by atoms with Crippen molar-refractivity contribution < 1.29 is 29.4 Å². The zero-order chi connectivity index (χ0) is 24.2. The molecule has 3 atom stereocenters. The number of carboxylic acids is 1. The molecular formula is C23H28N4O6. The average molecular weight is 456 g/mol. The third-order valence-corrected chi connectivity index (χ3v) is 4.78. The van der Waals surface area contributed by atoms with Crippen molar-refractivity contribution in [3.05, 3.63) is 71.8 Å². The molecular weight excluding hydrogens is 428 g/mol. The number of hydrogen-bond acceptors (Lipinski definition) is 6. The Bertz CT molecular complexity index is 938. The topological polar surface area (TPSA) is 171 Å². The van der Waals surface area contributed by atoms with Crippen LogP contribution in [0.3, 0.4) is 0 Å². The lowest BCUT2D eigenvalue weighted by Gasteiger charge is -2.23. The van der Waals surface area contributed by atoms with Crippen LogP contribution >= 0.6 is 0 Å². The number of hydrogen-bond donors (Lipinski definition) is 6. The SMILES string of the molecule is NC(Cc1ccccc1)C(=O)NC(CO)C(=O)NC(Cc1ccccc1)C(=O)NCC(=O)O. The van der Waals surface area contributed by atoms with Crippen LogP contribution in [-0.4, -0.2) is 65.2 Å². The van der Waals surface area contributed by atoms with Gasteiger partial charge < -0.3 is 31.9 Å². The Labute approximate surface area is 191 Å². The fourth-order valence-corrected chi connectivity index (χ4v) is 3.05. The Morgan fingerprint density at radius 3 is 1.79 bits per heavy atom. The van der Waals surface area contributed by atoms with Gasteiger partial charge >= 0.3 is 5.97 Å². The normalized spacial score (nSPS) is 13.3. The van der Waals surface area contributed by atoms with Gasteiger partial charge in [0.05, 0.1) is 12.6 Å². The number of carbonyl (C=O) groups is 4. The van der Waals surface area contributed by atoms with E-state index >= 15 is 0 Å². The minimum Gasteiger partial charge on any atom is -0.480 e. The molecule has 10 heteroatoms. The first-order valence-corrected chi connectivity index (χ1v) is 10.3. The molecule has 3 amide bonds. The van der Waals surface area contributed by atoms with Crippen molar-refractivity contribution in [3.63, 3.8) is 0 Å². The van der Waals surface area contributed by atoms with Gasteiger partial charge in [-0.2, -0.15) is 0 Å².